The Hall–Kier alpha value is -1.08. The molecular formula is C9H16N4O2S. The molecule has 1 heterocycles. The summed E-state index contributed by atoms with van der Waals surface area (Å²) in [6.07, 6.45) is 1.66. The van der Waals surface area contributed by atoms with Crippen molar-refractivity contribution in [2.24, 2.45) is 0 Å². The highest BCUT2D eigenvalue weighted by Crippen LogP contribution is 2.18. The van der Waals surface area contributed by atoms with Gasteiger partial charge in [-0.2, -0.15) is 0 Å². The predicted molar refractivity (Wildman–Crippen MR) is 60.9 cm³/mol. The molecule has 0 radical (unpaired) electrons. The Balaban J connectivity index is 2.42. The van der Waals surface area contributed by atoms with Gasteiger partial charge < -0.3 is 4.57 Å². The molecule has 0 unspecified atom stereocenters. The summed E-state index contributed by atoms with van der Waals surface area (Å²) in [7, 11) is 0. The predicted octanol–water partition coefficient (Wildman–Crippen LogP) is 1.02. The van der Waals surface area contributed by atoms with E-state index >= 15 is 0 Å². The van der Waals surface area contributed by atoms with E-state index in [9.17, 15) is 4.79 Å². The zero-order chi connectivity index (χ0) is 12.0. The fourth-order valence-corrected chi connectivity index (χ4v) is 1.83. The Labute approximate surface area is 98.7 Å². The zero-order valence-electron chi connectivity index (χ0n) is 9.64. The molecular weight excluding hydrogens is 228 g/mol. The van der Waals surface area contributed by atoms with Gasteiger partial charge in [-0.1, -0.05) is 11.8 Å². The van der Waals surface area contributed by atoms with Crippen LogP contribution < -0.4 is 5.48 Å². The smallest absolute Gasteiger partial charge is 0.254 e. The molecule has 1 rings (SSSR count). The van der Waals surface area contributed by atoms with Crippen molar-refractivity contribution in [3.8, 4) is 0 Å². The summed E-state index contributed by atoms with van der Waals surface area (Å²) < 4.78 is 1.92. The highest BCUT2D eigenvalue weighted by Gasteiger charge is 2.10. The minimum atomic E-state index is -0.176. The van der Waals surface area contributed by atoms with E-state index in [4.69, 9.17) is 4.84 Å². The normalized spacial score (nSPS) is 10.8. The summed E-state index contributed by atoms with van der Waals surface area (Å²) in [5, 5.41) is 8.50. The first-order valence-corrected chi connectivity index (χ1v) is 6.06. The van der Waals surface area contributed by atoms with Gasteiger partial charge >= 0.3 is 0 Å². The lowest BCUT2D eigenvalue weighted by Gasteiger charge is -2.09. The second-order valence-electron chi connectivity index (χ2n) is 3.36. The molecule has 0 aliphatic heterocycles. The number of nitrogens with one attached hydrogen (secondary N) is 1. The van der Waals surface area contributed by atoms with E-state index in [1.807, 2.05) is 25.3 Å². The molecule has 0 aromatic carbocycles. The molecule has 0 atom stereocenters. The van der Waals surface area contributed by atoms with Gasteiger partial charge in [0.05, 0.1) is 12.4 Å². The number of thioether (sulfide) groups is 1. The molecule has 16 heavy (non-hydrogen) atoms. The summed E-state index contributed by atoms with van der Waals surface area (Å²) in [6.45, 7) is 6.34. The third kappa shape index (κ3) is 3.82. The molecule has 7 heteroatoms. The van der Waals surface area contributed by atoms with Crippen molar-refractivity contribution in [3.63, 3.8) is 0 Å². The molecule has 0 saturated heterocycles. The van der Waals surface area contributed by atoms with Gasteiger partial charge in [-0.25, -0.2) is 5.48 Å². The number of carbonyl (C=O) groups excluding carboxylic acids is 1. The number of hydrogen-bond donors (Lipinski definition) is 1. The van der Waals surface area contributed by atoms with E-state index in [0.29, 0.717) is 6.61 Å². The summed E-state index contributed by atoms with van der Waals surface area (Å²) >= 11 is 1.34. The maximum absolute atomic E-state index is 11.3. The van der Waals surface area contributed by atoms with Crippen molar-refractivity contribution in [2.45, 2.75) is 32.0 Å². The molecule has 0 fully saturated rings. The minimum Gasteiger partial charge on any atom is -0.306 e. The van der Waals surface area contributed by atoms with Gasteiger partial charge in [-0.15, -0.1) is 10.2 Å². The molecule has 0 saturated carbocycles. The Kier molecular flexibility index (Phi) is 5.27. The van der Waals surface area contributed by atoms with Crippen LogP contribution in [0.3, 0.4) is 0 Å². The molecule has 0 spiro atoms. The molecule has 0 aliphatic carbocycles. The fourth-order valence-electron chi connectivity index (χ4n) is 1.00. The lowest BCUT2D eigenvalue weighted by molar-refractivity contribution is -0.130. The van der Waals surface area contributed by atoms with Crippen LogP contribution in [0.4, 0.5) is 0 Å². The third-order valence-electron chi connectivity index (χ3n) is 1.76. The Morgan fingerprint density at radius 2 is 2.44 bits per heavy atom. The minimum absolute atomic E-state index is 0.176. The quantitative estimate of drug-likeness (QED) is 0.597. The van der Waals surface area contributed by atoms with Gasteiger partial charge in [0.15, 0.2) is 5.16 Å². The summed E-state index contributed by atoms with van der Waals surface area (Å²) in [5.41, 5.74) is 2.33. The lowest BCUT2D eigenvalue weighted by atomic mass is 10.4. The first-order chi connectivity index (χ1) is 7.65. The standard InChI is InChI=1S/C9H16N4O2S/c1-4-15-12-8(14)5-16-9-11-10-6-13(9)7(2)3/h6-7H,4-5H2,1-3H3,(H,12,14). The molecule has 1 aromatic heterocycles. The Morgan fingerprint density at radius 1 is 1.69 bits per heavy atom. The van der Waals surface area contributed by atoms with Crippen molar-refractivity contribution in [1.29, 1.82) is 0 Å². The van der Waals surface area contributed by atoms with Gasteiger partial charge in [0, 0.05) is 6.04 Å². The molecule has 1 N–H and O–H groups in total. The van der Waals surface area contributed by atoms with Crippen molar-refractivity contribution >= 4 is 17.7 Å². The maximum Gasteiger partial charge on any atom is 0.254 e. The molecule has 1 amide bonds. The van der Waals surface area contributed by atoms with Crippen LogP contribution in [-0.2, 0) is 9.63 Å². The first-order valence-electron chi connectivity index (χ1n) is 5.08. The fraction of sp³-hybridized carbons (Fsp3) is 0.667. The number of hydroxylamine groups is 1. The van der Waals surface area contributed by atoms with Crippen LogP contribution in [0, 0.1) is 0 Å². The number of carbonyl (C=O) groups is 1. The number of rotatable bonds is 6. The molecule has 90 valence electrons. The Bertz CT molecular complexity index is 340. The number of aromatic nitrogens is 3. The van der Waals surface area contributed by atoms with E-state index in [1.54, 1.807) is 6.33 Å². The van der Waals surface area contributed by atoms with Crippen molar-refractivity contribution in [2.75, 3.05) is 12.4 Å². The van der Waals surface area contributed by atoms with Gasteiger partial charge in [0.25, 0.3) is 5.91 Å². The maximum atomic E-state index is 11.3. The summed E-state index contributed by atoms with van der Waals surface area (Å²) in [6, 6.07) is 0.285. The number of amides is 1. The van der Waals surface area contributed by atoms with E-state index in [-0.39, 0.29) is 17.7 Å². The first kappa shape index (κ1) is 13.0. The lowest BCUT2D eigenvalue weighted by Crippen LogP contribution is -2.25. The van der Waals surface area contributed by atoms with E-state index in [1.165, 1.54) is 11.8 Å². The second-order valence-corrected chi connectivity index (χ2v) is 4.30. The zero-order valence-corrected chi connectivity index (χ0v) is 10.5. The van der Waals surface area contributed by atoms with Gasteiger partial charge in [-0.3, -0.25) is 9.63 Å². The summed E-state index contributed by atoms with van der Waals surface area (Å²) in [4.78, 5) is 16.1. The van der Waals surface area contributed by atoms with E-state index < -0.39 is 0 Å². The molecule has 6 nitrogen and oxygen atoms in total. The average molecular weight is 244 g/mol. The largest absolute Gasteiger partial charge is 0.306 e. The molecule has 0 aliphatic rings. The highest BCUT2D eigenvalue weighted by molar-refractivity contribution is 7.99. The van der Waals surface area contributed by atoms with Crippen molar-refractivity contribution in [3.05, 3.63) is 6.33 Å². The second kappa shape index (κ2) is 6.49. The van der Waals surface area contributed by atoms with Crippen LogP contribution in [0.5, 0.6) is 0 Å². The van der Waals surface area contributed by atoms with Crippen molar-refractivity contribution < 1.29 is 9.63 Å². The highest BCUT2D eigenvalue weighted by atomic mass is 32.2. The number of hydrogen-bond acceptors (Lipinski definition) is 5. The van der Waals surface area contributed by atoms with Crippen LogP contribution in [0.15, 0.2) is 11.5 Å². The van der Waals surface area contributed by atoms with Crippen LogP contribution in [0.25, 0.3) is 0 Å². The van der Waals surface area contributed by atoms with Crippen molar-refractivity contribution in [1.82, 2.24) is 20.2 Å². The van der Waals surface area contributed by atoms with Crippen LogP contribution in [-0.4, -0.2) is 33.0 Å². The molecule has 0 bridgehead atoms. The van der Waals surface area contributed by atoms with E-state index in [2.05, 4.69) is 15.7 Å². The topological polar surface area (TPSA) is 69.0 Å². The average Bonchev–Trinajstić information content (AvgIpc) is 2.71. The van der Waals surface area contributed by atoms with Crippen LogP contribution in [0.1, 0.15) is 26.8 Å². The number of nitrogens with zero attached hydrogens (tertiary/aromatic N) is 3. The van der Waals surface area contributed by atoms with Gasteiger partial charge in [0.1, 0.15) is 6.33 Å². The van der Waals surface area contributed by atoms with Crippen LogP contribution in [0.2, 0.25) is 0 Å². The van der Waals surface area contributed by atoms with Gasteiger partial charge in [-0.05, 0) is 20.8 Å². The Morgan fingerprint density at radius 3 is 3.06 bits per heavy atom. The van der Waals surface area contributed by atoms with E-state index in [0.717, 1.165) is 5.16 Å². The molecule has 1 aromatic rings. The van der Waals surface area contributed by atoms with Gasteiger partial charge in [0.2, 0.25) is 0 Å². The third-order valence-corrected chi connectivity index (χ3v) is 2.72. The SMILES string of the molecule is CCONC(=O)CSc1nncn1C(C)C. The monoisotopic (exact) mass is 244 g/mol. The summed E-state index contributed by atoms with van der Waals surface area (Å²) in [5.74, 6) is 0.0935. The van der Waals surface area contributed by atoms with Crippen LogP contribution >= 0.6 is 11.8 Å².